The first-order chi connectivity index (χ1) is 9.56. The molecule has 2 aromatic rings. The molecule has 0 fully saturated rings. The summed E-state index contributed by atoms with van der Waals surface area (Å²) in [7, 11) is 0. The van der Waals surface area contributed by atoms with Crippen molar-refractivity contribution >= 4 is 11.6 Å². The molecular formula is C18H21NO. The quantitative estimate of drug-likeness (QED) is 0.876. The Morgan fingerprint density at radius 2 is 1.75 bits per heavy atom. The van der Waals surface area contributed by atoms with Crippen molar-refractivity contribution in [2.45, 2.75) is 33.1 Å². The zero-order valence-electron chi connectivity index (χ0n) is 12.3. The van der Waals surface area contributed by atoms with Crippen LogP contribution in [-0.2, 0) is 11.2 Å². The third-order valence-corrected chi connectivity index (χ3v) is 3.30. The summed E-state index contributed by atoms with van der Waals surface area (Å²) in [5.74, 6) is 0.357. The Labute approximate surface area is 120 Å². The number of rotatable bonds is 4. The summed E-state index contributed by atoms with van der Waals surface area (Å²) in [6.07, 6.45) is 0.918. The van der Waals surface area contributed by atoms with Gasteiger partial charge in [-0.05, 0) is 35.1 Å². The lowest BCUT2D eigenvalue weighted by Crippen LogP contribution is -2.09. The van der Waals surface area contributed by atoms with E-state index in [1.54, 1.807) is 6.92 Å². The van der Waals surface area contributed by atoms with Gasteiger partial charge in [0, 0.05) is 12.6 Å². The van der Waals surface area contributed by atoms with Crippen LogP contribution in [0.4, 0.5) is 5.69 Å². The van der Waals surface area contributed by atoms with E-state index >= 15 is 0 Å². The van der Waals surface area contributed by atoms with Crippen molar-refractivity contribution < 1.29 is 4.79 Å². The SMILES string of the molecule is CC(=O)Nc1ccc(Cc2ccccc2)cc1C(C)C. The van der Waals surface area contributed by atoms with Crippen LogP contribution in [0, 0.1) is 0 Å². The van der Waals surface area contributed by atoms with Crippen LogP contribution in [0.2, 0.25) is 0 Å². The Balaban J connectivity index is 2.28. The summed E-state index contributed by atoms with van der Waals surface area (Å²) in [6, 6.07) is 16.7. The molecule has 0 aromatic heterocycles. The van der Waals surface area contributed by atoms with Gasteiger partial charge >= 0.3 is 0 Å². The van der Waals surface area contributed by atoms with Crippen LogP contribution in [0.1, 0.15) is 43.4 Å². The molecule has 0 spiro atoms. The molecule has 2 heteroatoms. The van der Waals surface area contributed by atoms with Gasteiger partial charge in [0.05, 0.1) is 0 Å². The summed E-state index contributed by atoms with van der Waals surface area (Å²) in [4.78, 5) is 11.3. The van der Waals surface area contributed by atoms with Gasteiger partial charge in [0.15, 0.2) is 0 Å². The molecule has 0 aliphatic heterocycles. The number of hydrogen-bond donors (Lipinski definition) is 1. The number of carbonyl (C=O) groups is 1. The molecule has 0 aliphatic rings. The average Bonchev–Trinajstić information content (AvgIpc) is 2.41. The van der Waals surface area contributed by atoms with Crippen molar-refractivity contribution in [2.75, 3.05) is 5.32 Å². The van der Waals surface area contributed by atoms with Gasteiger partial charge in [0.2, 0.25) is 5.91 Å². The maximum absolute atomic E-state index is 11.3. The molecule has 0 bridgehead atoms. The highest BCUT2D eigenvalue weighted by atomic mass is 16.1. The number of nitrogens with one attached hydrogen (secondary N) is 1. The molecule has 2 rings (SSSR count). The predicted octanol–water partition coefficient (Wildman–Crippen LogP) is 4.36. The molecule has 0 saturated heterocycles. The summed E-state index contributed by atoms with van der Waals surface area (Å²) < 4.78 is 0. The van der Waals surface area contributed by atoms with Gasteiger partial charge in [-0.3, -0.25) is 4.79 Å². The number of carbonyl (C=O) groups excluding carboxylic acids is 1. The molecule has 2 aromatic carbocycles. The van der Waals surface area contributed by atoms with E-state index < -0.39 is 0 Å². The Kier molecular flexibility index (Phi) is 4.57. The summed E-state index contributed by atoms with van der Waals surface area (Å²) in [5.41, 5.74) is 4.68. The second kappa shape index (κ2) is 6.38. The molecule has 2 nitrogen and oxygen atoms in total. The lowest BCUT2D eigenvalue weighted by atomic mass is 9.95. The maximum atomic E-state index is 11.3. The molecule has 0 heterocycles. The second-order valence-electron chi connectivity index (χ2n) is 5.42. The van der Waals surface area contributed by atoms with E-state index in [9.17, 15) is 4.79 Å². The normalized spacial score (nSPS) is 10.6. The fraction of sp³-hybridized carbons (Fsp3) is 0.278. The molecule has 0 unspecified atom stereocenters. The van der Waals surface area contributed by atoms with Gasteiger partial charge < -0.3 is 5.32 Å². The first-order valence-electron chi connectivity index (χ1n) is 7.00. The first kappa shape index (κ1) is 14.3. The van der Waals surface area contributed by atoms with Crippen LogP contribution in [0.5, 0.6) is 0 Å². The topological polar surface area (TPSA) is 29.1 Å². The van der Waals surface area contributed by atoms with Crippen molar-refractivity contribution in [3.05, 3.63) is 65.2 Å². The molecule has 20 heavy (non-hydrogen) atoms. The van der Waals surface area contributed by atoms with Crippen molar-refractivity contribution in [1.29, 1.82) is 0 Å². The lowest BCUT2D eigenvalue weighted by Gasteiger charge is -2.15. The van der Waals surface area contributed by atoms with Crippen molar-refractivity contribution in [1.82, 2.24) is 0 Å². The molecule has 104 valence electrons. The summed E-state index contributed by atoms with van der Waals surface area (Å²) >= 11 is 0. The van der Waals surface area contributed by atoms with E-state index in [0.717, 1.165) is 12.1 Å². The monoisotopic (exact) mass is 267 g/mol. The highest BCUT2D eigenvalue weighted by Gasteiger charge is 2.09. The molecule has 0 saturated carbocycles. The fourth-order valence-corrected chi connectivity index (χ4v) is 2.33. The lowest BCUT2D eigenvalue weighted by molar-refractivity contribution is -0.114. The van der Waals surface area contributed by atoms with Crippen molar-refractivity contribution in [2.24, 2.45) is 0 Å². The maximum Gasteiger partial charge on any atom is 0.221 e. The third-order valence-electron chi connectivity index (χ3n) is 3.30. The Morgan fingerprint density at radius 3 is 2.35 bits per heavy atom. The molecule has 0 radical (unpaired) electrons. The van der Waals surface area contributed by atoms with E-state index in [1.165, 1.54) is 16.7 Å². The largest absolute Gasteiger partial charge is 0.326 e. The third kappa shape index (κ3) is 3.70. The highest BCUT2D eigenvalue weighted by Crippen LogP contribution is 2.26. The highest BCUT2D eigenvalue weighted by molar-refractivity contribution is 5.89. The predicted molar refractivity (Wildman–Crippen MR) is 84.1 cm³/mol. The molecule has 0 aliphatic carbocycles. The van der Waals surface area contributed by atoms with Crippen LogP contribution in [0.15, 0.2) is 48.5 Å². The fourth-order valence-electron chi connectivity index (χ4n) is 2.33. The number of benzene rings is 2. The Hall–Kier alpha value is -2.09. The average molecular weight is 267 g/mol. The smallest absolute Gasteiger partial charge is 0.221 e. The van der Waals surface area contributed by atoms with Crippen LogP contribution < -0.4 is 5.32 Å². The minimum absolute atomic E-state index is 0.0253. The Morgan fingerprint density at radius 1 is 1.05 bits per heavy atom. The Bertz CT molecular complexity index is 588. The van der Waals surface area contributed by atoms with E-state index in [-0.39, 0.29) is 5.91 Å². The van der Waals surface area contributed by atoms with Crippen molar-refractivity contribution in [3.8, 4) is 0 Å². The van der Waals surface area contributed by atoms with Crippen LogP contribution in [0.3, 0.4) is 0 Å². The standard InChI is InChI=1S/C18H21NO/c1-13(2)17-12-16(9-10-18(17)19-14(3)20)11-15-7-5-4-6-8-15/h4-10,12-13H,11H2,1-3H3,(H,19,20). The zero-order valence-corrected chi connectivity index (χ0v) is 12.3. The first-order valence-corrected chi connectivity index (χ1v) is 7.00. The van der Waals surface area contributed by atoms with E-state index in [1.807, 2.05) is 12.1 Å². The molecule has 1 N–H and O–H groups in total. The van der Waals surface area contributed by atoms with Gasteiger partial charge in [-0.1, -0.05) is 56.3 Å². The molecule has 0 atom stereocenters. The van der Waals surface area contributed by atoms with Gasteiger partial charge in [-0.15, -0.1) is 0 Å². The van der Waals surface area contributed by atoms with Gasteiger partial charge in [0.1, 0.15) is 0 Å². The number of amides is 1. The molecule has 1 amide bonds. The van der Waals surface area contributed by atoms with E-state index in [0.29, 0.717) is 5.92 Å². The zero-order chi connectivity index (χ0) is 14.5. The summed E-state index contributed by atoms with van der Waals surface area (Å²) in [6.45, 7) is 5.84. The van der Waals surface area contributed by atoms with Crippen molar-refractivity contribution in [3.63, 3.8) is 0 Å². The minimum Gasteiger partial charge on any atom is -0.326 e. The van der Waals surface area contributed by atoms with E-state index in [2.05, 4.69) is 55.6 Å². The van der Waals surface area contributed by atoms with E-state index in [4.69, 9.17) is 0 Å². The number of anilines is 1. The summed E-state index contributed by atoms with van der Waals surface area (Å²) in [5, 5.41) is 2.91. The van der Waals surface area contributed by atoms with Crippen LogP contribution in [-0.4, -0.2) is 5.91 Å². The van der Waals surface area contributed by atoms with Gasteiger partial charge in [0.25, 0.3) is 0 Å². The second-order valence-corrected chi connectivity index (χ2v) is 5.42. The van der Waals surface area contributed by atoms with Crippen LogP contribution >= 0.6 is 0 Å². The number of hydrogen-bond acceptors (Lipinski definition) is 1. The molecular weight excluding hydrogens is 246 g/mol. The van der Waals surface area contributed by atoms with Crippen LogP contribution in [0.25, 0.3) is 0 Å². The van der Waals surface area contributed by atoms with Gasteiger partial charge in [-0.25, -0.2) is 0 Å². The van der Waals surface area contributed by atoms with Gasteiger partial charge in [-0.2, -0.15) is 0 Å². The minimum atomic E-state index is -0.0253.